The molecule has 0 radical (unpaired) electrons. The molecule has 0 saturated carbocycles. The van der Waals surface area contributed by atoms with E-state index in [1.807, 2.05) is 13.0 Å². The summed E-state index contributed by atoms with van der Waals surface area (Å²) in [6, 6.07) is 12.9. The van der Waals surface area contributed by atoms with Crippen LogP contribution >= 0.6 is 15.9 Å². The molecule has 2 aromatic carbocycles. The number of nitrogens with zero attached hydrogens (tertiary/aromatic N) is 1. The van der Waals surface area contributed by atoms with Crippen LogP contribution in [0.15, 0.2) is 58.6 Å². The molecule has 0 unspecified atom stereocenters. The Hall–Kier alpha value is -2.93. The maximum absolute atomic E-state index is 12.8. The van der Waals surface area contributed by atoms with Crippen LogP contribution in [0.4, 0.5) is 10.5 Å². The van der Waals surface area contributed by atoms with E-state index >= 15 is 0 Å². The summed E-state index contributed by atoms with van der Waals surface area (Å²) in [5.41, 5.74) is 0.902. The van der Waals surface area contributed by atoms with Gasteiger partial charge >= 0.3 is 6.03 Å². The summed E-state index contributed by atoms with van der Waals surface area (Å²) in [6.07, 6.45) is 1.45. The second kappa shape index (κ2) is 7.53. The van der Waals surface area contributed by atoms with E-state index in [2.05, 4.69) is 21.2 Å². The van der Waals surface area contributed by atoms with Crippen LogP contribution < -0.4 is 15.0 Å². The van der Waals surface area contributed by atoms with Crippen LogP contribution in [0.1, 0.15) is 12.5 Å². The average Bonchev–Trinajstić information content (AvgIpc) is 2.60. The fourth-order valence-corrected chi connectivity index (χ4v) is 2.93. The van der Waals surface area contributed by atoms with Gasteiger partial charge in [-0.15, -0.1) is 0 Å². The predicted octanol–water partition coefficient (Wildman–Crippen LogP) is 3.51. The third kappa shape index (κ3) is 3.67. The maximum Gasteiger partial charge on any atom is 0.335 e. The van der Waals surface area contributed by atoms with Crippen molar-refractivity contribution < 1.29 is 19.1 Å². The van der Waals surface area contributed by atoms with Crippen LogP contribution in [0.25, 0.3) is 6.08 Å². The van der Waals surface area contributed by atoms with Crippen molar-refractivity contribution >= 4 is 45.5 Å². The number of ether oxygens (including phenoxy) is 1. The minimum Gasteiger partial charge on any atom is -0.494 e. The Balaban J connectivity index is 1.95. The first-order valence-corrected chi connectivity index (χ1v) is 8.69. The van der Waals surface area contributed by atoms with Crippen molar-refractivity contribution in [2.24, 2.45) is 0 Å². The van der Waals surface area contributed by atoms with E-state index in [4.69, 9.17) is 4.74 Å². The van der Waals surface area contributed by atoms with Crippen LogP contribution in [0, 0.1) is 0 Å². The van der Waals surface area contributed by atoms with Gasteiger partial charge in [-0.2, -0.15) is 0 Å². The lowest BCUT2D eigenvalue weighted by Crippen LogP contribution is -2.54. The number of benzene rings is 2. The first-order chi connectivity index (χ1) is 12.5. The van der Waals surface area contributed by atoms with Crippen LogP contribution in [-0.2, 0) is 9.59 Å². The highest BCUT2D eigenvalue weighted by molar-refractivity contribution is 9.10. The molecule has 2 aromatic rings. The molecule has 1 saturated heterocycles. The largest absolute Gasteiger partial charge is 0.494 e. The van der Waals surface area contributed by atoms with Crippen LogP contribution in [0.3, 0.4) is 0 Å². The Kier molecular flexibility index (Phi) is 5.18. The maximum atomic E-state index is 12.8. The lowest BCUT2D eigenvalue weighted by molar-refractivity contribution is -0.122. The van der Waals surface area contributed by atoms with E-state index in [0.717, 1.165) is 9.37 Å². The van der Waals surface area contributed by atoms with Gasteiger partial charge in [-0.1, -0.05) is 28.1 Å². The number of imide groups is 2. The molecule has 26 heavy (non-hydrogen) atoms. The van der Waals surface area contributed by atoms with Gasteiger partial charge in [0.2, 0.25) is 0 Å². The lowest BCUT2D eigenvalue weighted by atomic mass is 10.1. The number of nitrogens with one attached hydrogen (secondary N) is 1. The number of carbonyl (C=O) groups excluding carboxylic acids is 3. The first-order valence-electron chi connectivity index (χ1n) is 7.89. The highest BCUT2D eigenvalue weighted by atomic mass is 79.9. The summed E-state index contributed by atoms with van der Waals surface area (Å²) >= 11 is 3.34. The molecule has 7 heteroatoms. The van der Waals surface area contributed by atoms with Crippen molar-refractivity contribution in [3.63, 3.8) is 0 Å². The smallest absolute Gasteiger partial charge is 0.335 e. The molecule has 0 spiro atoms. The van der Waals surface area contributed by atoms with Gasteiger partial charge in [0.15, 0.2) is 0 Å². The quantitative estimate of drug-likeness (QED) is 0.613. The van der Waals surface area contributed by atoms with Crippen LogP contribution in [0.2, 0.25) is 0 Å². The fourth-order valence-electron chi connectivity index (χ4n) is 2.51. The summed E-state index contributed by atoms with van der Waals surface area (Å²) in [4.78, 5) is 38.0. The molecule has 3 rings (SSSR count). The van der Waals surface area contributed by atoms with Crippen molar-refractivity contribution in [2.45, 2.75) is 6.92 Å². The molecular formula is C19H15BrN2O4. The molecule has 1 N–H and O–H groups in total. The third-order valence-corrected chi connectivity index (χ3v) is 4.16. The highest BCUT2D eigenvalue weighted by Crippen LogP contribution is 2.24. The highest BCUT2D eigenvalue weighted by Gasteiger charge is 2.36. The molecule has 6 nitrogen and oxygen atoms in total. The predicted molar refractivity (Wildman–Crippen MR) is 101 cm³/mol. The van der Waals surface area contributed by atoms with E-state index in [9.17, 15) is 14.4 Å². The second-order valence-corrected chi connectivity index (χ2v) is 6.36. The van der Waals surface area contributed by atoms with Gasteiger partial charge in [0.1, 0.15) is 11.3 Å². The Morgan fingerprint density at radius 1 is 1.12 bits per heavy atom. The monoisotopic (exact) mass is 414 g/mol. The molecule has 0 atom stereocenters. The minimum absolute atomic E-state index is 0.114. The van der Waals surface area contributed by atoms with Gasteiger partial charge < -0.3 is 4.74 Å². The summed E-state index contributed by atoms with van der Waals surface area (Å²) in [7, 11) is 0. The Bertz CT molecular complexity index is 906. The van der Waals surface area contributed by atoms with Crippen molar-refractivity contribution in [2.75, 3.05) is 11.5 Å². The van der Waals surface area contributed by atoms with Gasteiger partial charge in [0, 0.05) is 4.47 Å². The molecule has 4 amide bonds. The van der Waals surface area contributed by atoms with Gasteiger partial charge in [-0.3, -0.25) is 14.9 Å². The zero-order valence-corrected chi connectivity index (χ0v) is 15.4. The van der Waals surface area contributed by atoms with Gasteiger partial charge in [0.05, 0.1) is 12.3 Å². The number of urea groups is 1. The molecule has 0 aromatic heterocycles. The molecule has 0 bridgehead atoms. The number of halogens is 1. The van der Waals surface area contributed by atoms with E-state index in [-0.39, 0.29) is 5.57 Å². The fraction of sp³-hybridized carbons (Fsp3) is 0.105. The Morgan fingerprint density at radius 3 is 2.50 bits per heavy atom. The first kappa shape index (κ1) is 17.9. The number of barbiturate groups is 1. The zero-order chi connectivity index (χ0) is 18.7. The van der Waals surface area contributed by atoms with Crippen molar-refractivity contribution in [1.29, 1.82) is 0 Å². The molecule has 1 fully saturated rings. The second-order valence-electron chi connectivity index (χ2n) is 5.44. The number of amides is 4. The average molecular weight is 415 g/mol. The van der Waals surface area contributed by atoms with Gasteiger partial charge in [-0.25, -0.2) is 9.69 Å². The van der Waals surface area contributed by atoms with Crippen LogP contribution in [-0.4, -0.2) is 24.5 Å². The normalized spacial score (nSPS) is 16.0. The van der Waals surface area contributed by atoms with Gasteiger partial charge in [0.25, 0.3) is 11.8 Å². The van der Waals surface area contributed by atoms with E-state index in [1.54, 1.807) is 42.5 Å². The standard InChI is InChI=1S/C19H15BrN2O4/c1-2-26-15-8-6-14(7-9-15)22-18(24)16(17(23)21-19(22)25)11-12-4-3-5-13(20)10-12/h3-11H,2H2,1H3,(H,21,23,25)/b16-11+. The lowest BCUT2D eigenvalue weighted by Gasteiger charge is -2.26. The van der Waals surface area contributed by atoms with Crippen molar-refractivity contribution in [1.82, 2.24) is 5.32 Å². The summed E-state index contributed by atoms with van der Waals surface area (Å²) < 4.78 is 6.17. The number of carbonyl (C=O) groups is 3. The number of hydrogen-bond acceptors (Lipinski definition) is 4. The van der Waals surface area contributed by atoms with Crippen LogP contribution in [0.5, 0.6) is 5.75 Å². The minimum atomic E-state index is -0.782. The number of rotatable bonds is 4. The molecule has 132 valence electrons. The molecule has 1 aliphatic heterocycles. The van der Waals surface area contributed by atoms with Gasteiger partial charge in [-0.05, 0) is 55.0 Å². The summed E-state index contributed by atoms with van der Waals surface area (Å²) in [5, 5.41) is 2.20. The van der Waals surface area contributed by atoms with Crippen molar-refractivity contribution in [3.05, 3.63) is 64.1 Å². The molecule has 1 aliphatic rings. The number of hydrogen-bond donors (Lipinski definition) is 1. The van der Waals surface area contributed by atoms with E-state index < -0.39 is 17.8 Å². The molecule has 0 aliphatic carbocycles. The zero-order valence-electron chi connectivity index (χ0n) is 13.9. The Morgan fingerprint density at radius 2 is 1.85 bits per heavy atom. The Labute approximate surface area is 158 Å². The molecular weight excluding hydrogens is 400 g/mol. The third-order valence-electron chi connectivity index (χ3n) is 3.67. The SMILES string of the molecule is CCOc1ccc(N2C(=O)NC(=O)/C(=C\c3cccc(Br)c3)C2=O)cc1. The topological polar surface area (TPSA) is 75.7 Å². The van der Waals surface area contributed by atoms with Crippen molar-refractivity contribution in [3.8, 4) is 5.75 Å². The molecule has 1 heterocycles. The summed E-state index contributed by atoms with van der Waals surface area (Å²) in [6.45, 7) is 2.37. The van der Waals surface area contributed by atoms with E-state index in [1.165, 1.54) is 6.08 Å². The summed E-state index contributed by atoms with van der Waals surface area (Å²) in [5.74, 6) is -0.771. The number of anilines is 1. The van der Waals surface area contributed by atoms with E-state index in [0.29, 0.717) is 23.6 Å².